The number of nitrogens with one attached hydrogen (secondary N) is 1. The predicted octanol–water partition coefficient (Wildman–Crippen LogP) is 4.13. The highest BCUT2D eigenvalue weighted by molar-refractivity contribution is 5.92. The normalized spacial score (nSPS) is 16.7. The predicted molar refractivity (Wildman–Crippen MR) is 97.0 cm³/mol. The summed E-state index contributed by atoms with van der Waals surface area (Å²) >= 11 is 0. The first-order chi connectivity index (χ1) is 11.6. The van der Waals surface area contributed by atoms with Crippen molar-refractivity contribution >= 4 is 11.6 Å². The Hall–Kier alpha value is -2.36. The summed E-state index contributed by atoms with van der Waals surface area (Å²) in [4.78, 5) is 18.8. The van der Waals surface area contributed by atoms with Crippen LogP contribution in [0, 0.1) is 5.92 Å². The van der Waals surface area contributed by atoms with E-state index in [4.69, 9.17) is 0 Å². The van der Waals surface area contributed by atoms with Crippen LogP contribution in [-0.4, -0.2) is 28.9 Å². The molecule has 1 aromatic heterocycles. The number of amides is 1. The number of piperidine rings is 1. The lowest BCUT2D eigenvalue weighted by atomic mass is 9.99. The number of anilines is 1. The highest BCUT2D eigenvalue weighted by Crippen LogP contribution is 2.20. The molecule has 0 bridgehead atoms. The lowest BCUT2D eigenvalue weighted by molar-refractivity contribution is 0.0691. The third kappa shape index (κ3) is 3.94. The molecule has 1 atom stereocenters. The quantitative estimate of drug-likeness (QED) is 0.920. The maximum absolute atomic E-state index is 12.5. The van der Waals surface area contributed by atoms with Crippen LogP contribution in [-0.2, 0) is 0 Å². The first kappa shape index (κ1) is 16.5. The zero-order chi connectivity index (χ0) is 16.9. The number of carbonyl (C=O) groups excluding carboxylic acids is 1. The van der Waals surface area contributed by atoms with Crippen LogP contribution in [0.3, 0.4) is 0 Å². The van der Waals surface area contributed by atoms with Gasteiger partial charge in [-0.3, -0.25) is 4.79 Å². The van der Waals surface area contributed by atoms with Crippen molar-refractivity contribution in [2.24, 2.45) is 5.92 Å². The summed E-state index contributed by atoms with van der Waals surface area (Å²) in [5, 5.41) is 3.42. The van der Waals surface area contributed by atoms with E-state index in [2.05, 4.69) is 36.3 Å². The smallest absolute Gasteiger partial charge is 0.272 e. The Bertz CT molecular complexity index is 661. The van der Waals surface area contributed by atoms with Crippen LogP contribution < -0.4 is 5.32 Å². The molecule has 1 saturated heterocycles. The van der Waals surface area contributed by atoms with Gasteiger partial charge in [-0.25, -0.2) is 4.98 Å². The van der Waals surface area contributed by atoms with E-state index in [1.165, 1.54) is 5.56 Å². The van der Waals surface area contributed by atoms with E-state index in [0.717, 1.165) is 31.6 Å². The van der Waals surface area contributed by atoms with Gasteiger partial charge < -0.3 is 10.2 Å². The van der Waals surface area contributed by atoms with Crippen LogP contribution in [0.2, 0.25) is 0 Å². The summed E-state index contributed by atoms with van der Waals surface area (Å²) in [6.45, 7) is 6.04. The Balaban J connectivity index is 1.62. The van der Waals surface area contributed by atoms with Gasteiger partial charge >= 0.3 is 0 Å². The van der Waals surface area contributed by atoms with Crippen molar-refractivity contribution < 1.29 is 4.79 Å². The maximum atomic E-state index is 12.5. The lowest BCUT2D eigenvalue weighted by Gasteiger charge is -2.30. The molecule has 1 aliphatic heterocycles. The topological polar surface area (TPSA) is 45.2 Å². The van der Waals surface area contributed by atoms with Crippen molar-refractivity contribution in [3.63, 3.8) is 0 Å². The van der Waals surface area contributed by atoms with E-state index in [-0.39, 0.29) is 11.9 Å². The average Bonchev–Trinajstić information content (AvgIpc) is 2.63. The van der Waals surface area contributed by atoms with Gasteiger partial charge in [0, 0.05) is 19.1 Å². The molecular formula is C20H25N3O. The van der Waals surface area contributed by atoms with Gasteiger partial charge in [-0.15, -0.1) is 0 Å². The average molecular weight is 323 g/mol. The van der Waals surface area contributed by atoms with Crippen molar-refractivity contribution in [3.05, 3.63) is 59.9 Å². The van der Waals surface area contributed by atoms with Crippen molar-refractivity contribution in [1.82, 2.24) is 9.88 Å². The number of hydrogen-bond donors (Lipinski definition) is 1. The second-order valence-electron chi connectivity index (χ2n) is 6.68. The van der Waals surface area contributed by atoms with Crippen LogP contribution in [0.5, 0.6) is 0 Å². The summed E-state index contributed by atoms with van der Waals surface area (Å²) < 4.78 is 0. The van der Waals surface area contributed by atoms with E-state index >= 15 is 0 Å². The molecule has 126 valence electrons. The first-order valence-electron chi connectivity index (χ1n) is 8.70. The van der Waals surface area contributed by atoms with E-state index in [1.807, 2.05) is 35.2 Å². The van der Waals surface area contributed by atoms with E-state index in [1.54, 1.807) is 6.20 Å². The molecular weight excluding hydrogens is 298 g/mol. The van der Waals surface area contributed by atoms with E-state index in [9.17, 15) is 4.79 Å². The summed E-state index contributed by atoms with van der Waals surface area (Å²) in [6, 6.07) is 14.2. The van der Waals surface area contributed by atoms with Crippen molar-refractivity contribution in [2.45, 2.75) is 32.7 Å². The molecule has 1 amide bonds. The second kappa shape index (κ2) is 7.47. The van der Waals surface area contributed by atoms with Gasteiger partial charge in [0.2, 0.25) is 0 Å². The molecule has 2 aromatic rings. The van der Waals surface area contributed by atoms with Gasteiger partial charge in [-0.1, -0.05) is 37.3 Å². The third-order valence-corrected chi connectivity index (χ3v) is 4.74. The Labute approximate surface area is 143 Å². The molecule has 1 fully saturated rings. The Morgan fingerprint density at radius 3 is 2.50 bits per heavy atom. The highest BCUT2D eigenvalue weighted by Gasteiger charge is 2.22. The number of carbonyl (C=O) groups is 1. The van der Waals surface area contributed by atoms with Crippen LogP contribution >= 0.6 is 0 Å². The van der Waals surface area contributed by atoms with Gasteiger partial charge in [0.05, 0.1) is 11.9 Å². The number of likely N-dealkylation sites (tertiary alicyclic amines) is 1. The standard InChI is InChI=1S/C20H25N3O/c1-15-10-12-23(13-11-15)20(24)19-9-8-18(14-21-19)22-16(2)17-6-4-3-5-7-17/h3-9,14-16,22H,10-13H2,1-2H3. The van der Waals surface area contributed by atoms with Gasteiger partial charge in [-0.2, -0.15) is 0 Å². The fraction of sp³-hybridized carbons (Fsp3) is 0.400. The van der Waals surface area contributed by atoms with Crippen LogP contribution in [0.25, 0.3) is 0 Å². The SMILES string of the molecule is CC1CCN(C(=O)c2ccc(NC(C)c3ccccc3)cn2)CC1. The minimum Gasteiger partial charge on any atom is -0.377 e. The number of pyridine rings is 1. The van der Waals surface area contributed by atoms with Crippen molar-refractivity contribution in [3.8, 4) is 0 Å². The van der Waals surface area contributed by atoms with E-state index < -0.39 is 0 Å². The zero-order valence-corrected chi connectivity index (χ0v) is 14.4. The molecule has 24 heavy (non-hydrogen) atoms. The Morgan fingerprint density at radius 2 is 1.88 bits per heavy atom. The minimum absolute atomic E-state index is 0.0459. The summed E-state index contributed by atoms with van der Waals surface area (Å²) in [5.41, 5.74) is 2.68. The number of aromatic nitrogens is 1. The molecule has 0 spiro atoms. The van der Waals surface area contributed by atoms with E-state index in [0.29, 0.717) is 11.6 Å². The summed E-state index contributed by atoms with van der Waals surface area (Å²) in [7, 11) is 0. The monoisotopic (exact) mass is 323 g/mol. The molecule has 4 heteroatoms. The van der Waals surface area contributed by atoms with Crippen LogP contribution in [0.15, 0.2) is 48.7 Å². The fourth-order valence-electron chi connectivity index (χ4n) is 3.05. The number of nitrogens with zero attached hydrogens (tertiary/aromatic N) is 2. The van der Waals surface area contributed by atoms with Gasteiger partial charge in [0.1, 0.15) is 5.69 Å². The maximum Gasteiger partial charge on any atom is 0.272 e. The van der Waals surface area contributed by atoms with Crippen molar-refractivity contribution in [2.75, 3.05) is 18.4 Å². The first-order valence-corrected chi connectivity index (χ1v) is 8.70. The number of hydrogen-bond acceptors (Lipinski definition) is 3. The molecule has 1 aliphatic rings. The molecule has 0 saturated carbocycles. The molecule has 1 N–H and O–H groups in total. The second-order valence-corrected chi connectivity index (χ2v) is 6.68. The summed E-state index contributed by atoms with van der Waals surface area (Å²) in [6.07, 6.45) is 3.92. The molecule has 1 unspecified atom stereocenters. The Kier molecular flexibility index (Phi) is 5.14. The fourth-order valence-corrected chi connectivity index (χ4v) is 3.05. The summed E-state index contributed by atoms with van der Waals surface area (Å²) in [5.74, 6) is 0.762. The van der Waals surface area contributed by atoms with Crippen LogP contribution in [0.4, 0.5) is 5.69 Å². The molecule has 2 heterocycles. The van der Waals surface area contributed by atoms with Gasteiger partial charge in [0.15, 0.2) is 0 Å². The van der Waals surface area contributed by atoms with Crippen molar-refractivity contribution in [1.29, 1.82) is 0 Å². The number of rotatable bonds is 4. The molecule has 0 aliphatic carbocycles. The zero-order valence-electron chi connectivity index (χ0n) is 14.4. The van der Waals surface area contributed by atoms with Gasteiger partial charge in [-0.05, 0) is 43.4 Å². The number of benzene rings is 1. The molecule has 3 rings (SSSR count). The third-order valence-electron chi connectivity index (χ3n) is 4.74. The largest absolute Gasteiger partial charge is 0.377 e. The minimum atomic E-state index is 0.0459. The van der Waals surface area contributed by atoms with Gasteiger partial charge in [0.25, 0.3) is 5.91 Å². The highest BCUT2D eigenvalue weighted by atomic mass is 16.2. The molecule has 0 radical (unpaired) electrons. The lowest BCUT2D eigenvalue weighted by Crippen LogP contribution is -2.38. The molecule has 1 aromatic carbocycles. The molecule has 4 nitrogen and oxygen atoms in total. The van der Waals surface area contributed by atoms with Crippen LogP contribution in [0.1, 0.15) is 48.8 Å². The Morgan fingerprint density at radius 1 is 1.17 bits per heavy atom.